The van der Waals surface area contributed by atoms with Crippen molar-refractivity contribution in [2.24, 2.45) is 0 Å². The molecule has 0 aromatic rings. The van der Waals surface area contributed by atoms with Crippen LogP contribution in [0.2, 0.25) is 0 Å². The Morgan fingerprint density at radius 3 is 2.48 bits per heavy atom. The molecule has 2 atom stereocenters. The molecule has 0 aliphatic heterocycles. The van der Waals surface area contributed by atoms with E-state index in [0.717, 1.165) is 65.0 Å². The van der Waals surface area contributed by atoms with E-state index in [-0.39, 0.29) is 5.54 Å². The molecule has 122 valence electrons. The molecule has 1 N–H and O–H groups in total. The molecule has 0 spiro atoms. The van der Waals surface area contributed by atoms with E-state index in [2.05, 4.69) is 23.2 Å². The van der Waals surface area contributed by atoms with Crippen molar-refractivity contribution in [3.8, 4) is 6.07 Å². The van der Waals surface area contributed by atoms with Crippen molar-refractivity contribution >= 4 is 0 Å². The van der Waals surface area contributed by atoms with E-state index < -0.39 is 0 Å². The molecule has 1 aliphatic carbocycles. The highest BCUT2D eigenvalue weighted by Crippen LogP contribution is 2.31. The van der Waals surface area contributed by atoms with Crippen LogP contribution in [0.3, 0.4) is 0 Å². The number of nitrogens with one attached hydrogen (secondary N) is 1. The predicted molar refractivity (Wildman–Crippen MR) is 84.2 cm³/mol. The van der Waals surface area contributed by atoms with Gasteiger partial charge in [-0.2, -0.15) is 5.26 Å². The van der Waals surface area contributed by atoms with Crippen molar-refractivity contribution in [3.05, 3.63) is 0 Å². The highest BCUT2D eigenvalue weighted by atomic mass is 16.5. The van der Waals surface area contributed by atoms with Crippen molar-refractivity contribution in [1.29, 1.82) is 5.26 Å². The lowest BCUT2D eigenvalue weighted by Crippen LogP contribution is -2.53. The van der Waals surface area contributed by atoms with Crippen LogP contribution in [0.1, 0.15) is 39.0 Å². The van der Waals surface area contributed by atoms with E-state index in [1.54, 1.807) is 14.2 Å². The molecule has 1 saturated carbocycles. The van der Waals surface area contributed by atoms with Gasteiger partial charge < -0.3 is 9.47 Å². The van der Waals surface area contributed by atoms with Crippen LogP contribution >= 0.6 is 0 Å². The second kappa shape index (κ2) is 10.1. The zero-order valence-electron chi connectivity index (χ0n) is 13.9. The van der Waals surface area contributed by atoms with Crippen LogP contribution in [-0.4, -0.2) is 63.5 Å². The first kappa shape index (κ1) is 18.4. The van der Waals surface area contributed by atoms with E-state index in [1.807, 2.05) is 0 Å². The van der Waals surface area contributed by atoms with Crippen molar-refractivity contribution in [2.45, 2.75) is 50.6 Å². The van der Waals surface area contributed by atoms with Crippen molar-refractivity contribution in [3.63, 3.8) is 0 Å². The molecule has 0 aromatic carbocycles. The molecular weight excluding hydrogens is 266 g/mol. The number of nitriles is 1. The molecule has 21 heavy (non-hydrogen) atoms. The van der Waals surface area contributed by atoms with Gasteiger partial charge in [-0.05, 0) is 38.6 Å². The molecule has 5 nitrogen and oxygen atoms in total. The Morgan fingerprint density at radius 2 is 1.95 bits per heavy atom. The number of hydrogen-bond donors (Lipinski definition) is 1. The number of methoxy groups -OCH3 is 2. The molecule has 0 saturated heterocycles. The maximum atomic E-state index is 9.64. The summed E-state index contributed by atoms with van der Waals surface area (Å²) in [5.41, 5.74) is -0.350. The Kier molecular flexibility index (Phi) is 8.86. The lowest BCUT2D eigenvalue weighted by molar-refractivity contribution is 0.0604. The fourth-order valence-electron chi connectivity index (χ4n) is 3.12. The normalized spacial score (nSPS) is 26.0. The number of hydrogen-bond acceptors (Lipinski definition) is 5. The molecule has 5 heteroatoms. The smallest absolute Gasteiger partial charge is 0.108 e. The molecule has 0 aromatic heterocycles. The first-order valence-corrected chi connectivity index (χ1v) is 8.09. The zero-order valence-corrected chi connectivity index (χ0v) is 13.9. The van der Waals surface area contributed by atoms with Crippen molar-refractivity contribution in [1.82, 2.24) is 10.2 Å². The van der Waals surface area contributed by atoms with Gasteiger partial charge in [-0.25, -0.2) is 0 Å². The molecule has 1 rings (SSSR count). The third-order valence-corrected chi connectivity index (χ3v) is 4.33. The van der Waals surface area contributed by atoms with Crippen molar-refractivity contribution in [2.75, 3.05) is 47.1 Å². The van der Waals surface area contributed by atoms with Gasteiger partial charge in [0.1, 0.15) is 5.54 Å². The fourth-order valence-corrected chi connectivity index (χ4v) is 3.12. The largest absolute Gasteiger partial charge is 0.383 e. The number of ether oxygens (including phenoxy) is 2. The Morgan fingerprint density at radius 1 is 1.29 bits per heavy atom. The summed E-state index contributed by atoms with van der Waals surface area (Å²) in [5.74, 6) is 0. The second-order valence-electron chi connectivity index (χ2n) is 5.89. The third kappa shape index (κ3) is 5.91. The summed E-state index contributed by atoms with van der Waals surface area (Å²) in [6.45, 7) is 6.31. The summed E-state index contributed by atoms with van der Waals surface area (Å²) >= 11 is 0. The maximum Gasteiger partial charge on any atom is 0.108 e. The molecule has 1 fully saturated rings. The lowest BCUT2D eigenvalue weighted by Gasteiger charge is -2.41. The summed E-state index contributed by atoms with van der Waals surface area (Å²) in [7, 11) is 3.47. The topological polar surface area (TPSA) is 57.5 Å². The Bertz CT molecular complexity index is 311. The third-order valence-electron chi connectivity index (χ3n) is 4.33. The van der Waals surface area contributed by atoms with Gasteiger partial charge in [-0.15, -0.1) is 0 Å². The van der Waals surface area contributed by atoms with Crippen molar-refractivity contribution < 1.29 is 9.47 Å². The predicted octanol–water partition coefficient (Wildman–Crippen LogP) is 1.79. The van der Waals surface area contributed by atoms with Crippen LogP contribution in [0.25, 0.3) is 0 Å². The summed E-state index contributed by atoms with van der Waals surface area (Å²) in [5, 5.41) is 13.1. The Balaban J connectivity index is 2.66. The molecule has 0 radical (unpaired) electrons. The van der Waals surface area contributed by atoms with Crippen LogP contribution < -0.4 is 5.32 Å². The lowest BCUT2D eigenvalue weighted by atomic mass is 9.79. The van der Waals surface area contributed by atoms with Gasteiger partial charge in [-0.1, -0.05) is 6.92 Å². The maximum absolute atomic E-state index is 9.64. The minimum atomic E-state index is -0.350. The average Bonchev–Trinajstić information content (AvgIpc) is 2.53. The molecule has 1 aliphatic rings. The first-order valence-electron chi connectivity index (χ1n) is 8.09. The van der Waals surface area contributed by atoms with Gasteiger partial charge in [0.2, 0.25) is 0 Å². The standard InChI is InChI=1S/C16H31N3O2/c1-4-8-18-16(14-17)7-5-6-15(13-16)19(9-11-20-2)10-12-21-3/h15,18H,4-13H2,1-3H3. The van der Waals surface area contributed by atoms with E-state index >= 15 is 0 Å². The van der Waals surface area contributed by atoms with Gasteiger partial charge >= 0.3 is 0 Å². The number of rotatable bonds is 10. The Labute approximate surface area is 129 Å². The van der Waals surface area contributed by atoms with Crippen LogP contribution in [0, 0.1) is 11.3 Å². The van der Waals surface area contributed by atoms with E-state index in [0.29, 0.717) is 6.04 Å². The fraction of sp³-hybridized carbons (Fsp3) is 0.938. The quantitative estimate of drug-likeness (QED) is 0.666. The minimum Gasteiger partial charge on any atom is -0.383 e. The SMILES string of the molecule is CCCNC1(C#N)CCCC(N(CCOC)CCOC)C1. The zero-order chi connectivity index (χ0) is 15.6. The van der Waals surface area contributed by atoms with Crippen LogP contribution in [0.5, 0.6) is 0 Å². The van der Waals surface area contributed by atoms with E-state index in [9.17, 15) is 5.26 Å². The average molecular weight is 297 g/mol. The summed E-state index contributed by atoms with van der Waals surface area (Å²) in [4.78, 5) is 2.42. The molecular formula is C16H31N3O2. The van der Waals surface area contributed by atoms with Crippen LogP contribution in [-0.2, 0) is 9.47 Å². The molecule has 0 heterocycles. The Hall–Kier alpha value is -0.670. The molecule has 0 bridgehead atoms. The highest BCUT2D eigenvalue weighted by molar-refractivity contribution is 5.11. The van der Waals surface area contributed by atoms with Gasteiger partial charge in [-0.3, -0.25) is 10.2 Å². The van der Waals surface area contributed by atoms with Gasteiger partial charge in [0, 0.05) is 33.4 Å². The van der Waals surface area contributed by atoms with E-state index in [4.69, 9.17) is 9.47 Å². The molecule has 0 amide bonds. The summed E-state index contributed by atoms with van der Waals surface area (Å²) in [6, 6.07) is 2.99. The minimum absolute atomic E-state index is 0.350. The second-order valence-corrected chi connectivity index (χ2v) is 5.89. The monoisotopic (exact) mass is 297 g/mol. The highest BCUT2D eigenvalue weighted by Gasteiger charge is 2.37. The van der Waals surface area contributed by atoms with Gasteiger partial charge in [0.05, 0.1) is 19.3 Å². The molecule has 2 unspecified atom stereocenters. The summed E-state index contributed by atoms with van der Waals surface area (Å²) in [6.07, 6.45) is 5.18. The first-order chi connectivity index (χ1) is 10.2. The van der Waals surface area contributed by atoms with Crippen LogP contribution in [0.4, 0.5) is 0 Å². The van der Waals surface area contributed by atoms with Gasteiger partial charge in [0.15, 0.2) is 0 Å². The number of nitrogens with zero attached hydrogens (tertiary/aromatic N) is 2. The summed E-state index contributed by atoms with van der Waals surface area (Å²) < 4.78 is 10.4. The van der Waals surface area contributed by atoms with Crippen LogP contribution in [0.15, 0.2) is 0 Å². The van der Waals surface area contributed by atoms with E-state index in [1.165, 1.54) is 0 Å². The van der Waals surface area contributed by atoms with Gasteiger partial charge in [0.25, 0.3) is 0 Å².